The van der Waals surface area contributed by atoms with Crippen LogP contribution in [0.1, 0.15) is 23.1 Å². The van der Waals surface area contributed by atoms with E-state index in [0.717, 1.165) is 16.7 Å². The Morgan fingerprint density at radius 2 is 1.63 bits per heavy atom. The molecule has 0 fully saturated rings. The highest BCUT2D eigenvalue weighted by Crippen LogP contribution is 2.16. The van der Waals surface area contributed by atoms with Crippen molar-refractivity contribution >= 4 is 15.6 Å². The summed E-state index contributed by atoms with van der Waals surface area (Å²) in [5.74, 6) is 5.89. The Hall–Kier alpha value is -3.20. The summed E-state index contributed by atoms with van der Waals surface area (Å²) in [6.07, 6.45) is 2.31. The first-order valence-corrected chi connectivity index (χ1v) is 11.0. The van der Waals surface area contributed by atoms with Gasteiger partial charge in [0.15, 0.2) is 0 Å². The molecule has 0 aliphatic carbocycles. The van der Waals surface area contributed by atoms with Crippen molar-refractivity contribution in [1.82, 2.24) is 4.72 Å². The summed E-state index contributed by atoms with van der Waals surface area (Å²) in [6.45, 7) is 2.13. The zero-order chi connectivity index (χ0) is 21.4. The molecule has 0 spiro atoms. The van der Waals surface area contributed by atoms with Crippen molar-refractivity contribution in [3.8, 4) is 11.8 Å². The first-order chi connectivity index (χ1) is 14.4. The summed E-state index contributed by atoms with van der Waals surface area (Å²) in [6, 6.07) is 22.3. The minimum atomic E-state index is -3.57. The minimum absolute atomic E-state index is 0.230. The molecule has 0 aromatic heterocycles. The molecule has 0 aliphatic rings. The maximum absolute atomic E-state index is 13.3. The number of hydrogen-bond donors (Lipinski definition) is 1. The van der Waals surface area contributed by atoms with Gasteiger partial charge in [-0.25, -0.2) is 17.5 Å². The van der Waals surface area contributed by atoms with Gasteiger partial charge in [0.2, 0.25) is 10.0 Å². The van der Waals surface area contributed by atoms with Gasteiger partial charge in [0.05, 0.1) is 4.90 Å². The van der Waals surface area contributed by atoms with Crippen molar-refractivity contribution in [2.45, 2.75) is 18.2 Å². The molecule has 0 unspecified atom stereocenters. The SMILES string of the molecule is Cc1ccc(S(=O)(=O)NCC/C=C(\C#Cc2ccccc2)c2ccc(F)cc2)cc1. The van der Waals surface area contributed by atoms with Gasteiger partial charge in [-0.1, -0.05) is 65.9 Å². The van der Waals surface area contributed by atoms with E-state index in [1.54, 1.807) is 36.4 Å². The zero-order valence-corrected chi connectivity index (χ0v) is 17.4. The van der Waals surface area contributed by atoms with Crippen molar-refractivity contribution in [3.05, 3.63) is 107 Å². The number of hydrogen-bond acceptors (Lipinski definition) is 2. The number of sulfonamides is 1. The lowest BCUT2D eigenvalue weighted by Crippen LogP contribution is -2.24. The zero-order valence-electron chi connectivity index (χ0n) is 16.6. The van der Waals surface area contributed by atoms with E-state index in [2.05, 4.69) is 16.6 Å². The second-order valence-electron chi connectivity index (χ2n) is 6.74. The largest absolute Gasteiger partial charge is 0.240 e. The second kappa shape index (κ2) is 10.0. The quantitative estimate of drug-likeness (QED) is 0.455. The van der Waals surface area contributed by atoms with E-state index in [1.807, 2.05) is 43.3 Å². The smallest absolute Gasteiger partial charge is 0.211 e. The van der Waals surface area contributed by atoms with Crippen molar-refractivity contribution in [1.29, 1.82) is 0 Å². The summed E-state index contributed by atoms with van der Waals surface area (Å²) in [7, 11) is -3.57. The van der Waals surface area contributed by atoms with Crippen LogP contribution in [0.25, 0.3) is 5.57 Å². The standard InChI is InChI=1S/C25H22FNO2S/c1-20-9-17-25(18-10-20)30(28,29)27-19-5-8-22(23-13-15-24(26)16-14-23)12-11-21-6-3-2-4-7-21/h2-4,6-10,13-18,27H,5,19H2,1H3/b22-8+. The molecule has 152 valence electrons. The Labute approximate surface area is 177 Å². The Morgan fingerprint density at radius 3 is 2.30 bits per heavy atom. The number of aryl methyl sites for hydroxylation is 1. The van der Waals surface area contributed by atoms with E-state index >= 15 is 0 Å². The Balaban J connectivity index is 1.74. The summed E-state index contributed by atoms with van der Waals surface area (Å²) < 4.78 is 40.7. The van der Waals surface area contributed by atoms with Crippen LogP contribution in [0.4, 0.5) is 4.39 Å². The van der Waals surface area contributed by atoms with Crippen molar-refractivity contribution in [3.63, 3.8) is 0 Å². The van der Waals surface area contributed by atoms with Crippen LogP contribution < -0.4 is 4.72 Å². The number of nitrogens with one attached hydrogen (secondary N) is 1. The maximum atomic E-state index is 13.3. The molecule has 3 rings (SSSR count). The summed E-state index contributed by atoms with van der Waals surface area (Å²) in [5.41, 5.74) is 3.36. The van der Waals surface area contributed by atoms with E-state index in [0.29, 0.717) is 12.0 Å². The van der Waals surface area contributed by atoms with Crippen LogP contribution in [0, 0.1) is 24.6 Å². The molecule has 3 nitrogen and oxygen atoms in total. The van der Waals surface area contributed by atoms with E-state index < -0.39 is 10.0 Å². The highest BCUT2D eigenvalue weighted by Gasteiger charge is 2.12. The maximum Gasteiger partial charge on any atom is 0.240 e. The van der Waals surface area contributed by atoms with Crippen LogP contribution in [0.15, 0.2) is 89.8 Å². The summed E-state index contributed by atoms with van der Waals surface area (Å²) in [5, 5.41) is 0. The van der Waals surface area contributed by atoms with E-state index in [-0.39, 0.29) is 17.3 Å². The number of rotatable bonds is 6. The van der Waals surface area contributed by atoms with Gasteiger partial charge < -0.3 is 0 Å². The van der Waals surface area contributed by atoms with Gasteiger partial charge in [-0.05, 0) is 55.3 Å². The normalized spacial score (nSPS) is 11.6. The Morgan fingerprint density at radius 1 is 0.967 bits per heavy atom. The van der Waals surface area contributed by atoms with Gasteiger partial charge in [-0.2, -0.15) is 0 Å². The third-order valence-electron chi connectivity index (χ3n) is 4.39. The van der Waals surface area contributed by atoms with Gasteiger partial charge in [0.25, 0.3) is 0 Å². The minimum Gasteiger partial charge on any atom is -0.211 e. The van der Waals surface area contributed by atoms with E-state index in [9.17, 15) is 12.8 Å². The molecule has 3 aromatic rings. The van der Waals surface area contributed by atoms with Gasteiger partial charge >= 0.3 is 0 Å². The van der Waals surface area contributed by atoms with Crippen LogP contribution in [-0.4, -0.2) is 15.0 Å². The summed E-state index contributed by atoms with van der Waals surface area (Å²) >= 11 is 0. The Kier molecular flexibility index (Phi) is 7.18. The Bertz CT molecular complexity index is 1170. The average molecular weight is 420 g/mol. The fourth-order valence-corrected chi connectivity index (χ4v) is 3.79. The van der Waals surface area contributed by atoms with Crippen LogP contribution in [0.2, 0.25) is 0 Å². The molecule has 0 bridgehead atoms. The first-order valence-electron chi connectivity index (χ1n) is 9.53. The molecule has 0 radical (unpaired) electrons. The predicted octanol–water partition coefficient (Wildman–Crippen LogP) is 4.94. The fraction of sp³-hybridized carbons (Fsp3) is 0.120. The lowest BCUT2D eigenvalue weighted by Gasteiger charge is -2.06. The average Bonchev–Trinajstić information content (AvgIpc) is 2.75. The molecule has 0 atom stereocenters. The molecule has 5 heteroatoms. The highest BCUT2D eigenvalue weighted by molar-refractivity contribution is 7.89. The molecule has 0 amide bonds. The number of halogens is 1. The van der Waals surface area contributed by atoms with Crippen LogP contribution in [-0.2, 0) is 10.0 Å². The molecule has 1 N–H and O–H groups in total. The molecule has 0 aliphatic heterocycles. The third-order valence-corrected chi connectivity index (χ3v) is 5.86. The predicted molar refractivity (Wildman–Crippen MR) is 119 cm³/mol. The molecular weight excluding hydrogens is 397 g/mol. The van der Waals surface area contributed by atoms with Crippen molar-refractivity contribution in [2.75, 3.05) is 6.54 Å². The third kappa shape index (κ3) is 6.15. The first kappa shape index (κ1) is 21.5. The lowest BCUT2D eigenvalue weighted by molar-refractivity contribution is 0.582. The topological polar surface area (TPSA) is 46.2 Å². The molecule has 3 aromatic carbocycles. The van der Waals surface area contributed by atoms with Gasteiger partial charge in [0, 0.05) is 17.7 Å². The summed E-state index contributed by atoms with van der Waals surface area (Å²) in [4.78, 5) is 0.236. The molecule has 0 heterocycles. The molecule has 0 saturated carbocycles. The monoisotopic (exact) mass is 419 g/mol. The molecule has 0 saturated heterocycles. The van der Waals surface area contributed by atoms with Crippen LogP contribution in [0.3, 0.4) is 0 Å². The van der Waals surface area contributed by atoms with Gasteiger partial charge in [-0.15, -0.1) is 0 Å². The van der Waals surface area contributed by atoms with Crippen LogP contribution >= 0.6 is 0 Å². The van der Waals surface area contributed by atoms with E-state index in [1.165, 1.54) is 12.1 Å². The van der Waals surface area contributed by atoms with Gasteiger partial charge in [-0.3, -0.25) is 0 Å². The molecule has 30 heavy (non-hydrogen) atoms. The number of benzene rings is 3. The molecular formula is C25H22FNO2S. The van der Waals surface area contributed by atoms with Gasteiger partial charge in [0.1, 0.15) is 5.82 Å². The second-order valence-corrected chi connectivity index (χ2v) is 8.51. The fourth-order valence-electron chi connectivity index (χ4n) is 2.74. The number of allylic oxidation sites excluding steroid dienone is 1. The van der Waals surface area contributed by atoms with E-state index in [4.69, 9.17) is 0 Å². The van der Waals surface area contributed by atoms with Crippen molar-refractivity contribution < 1.29 is 12.8 Å². The van der Waals surface area contributed by atoms with Crippen LogP contribution in [0.5, 0.6) is 0 Å². The highest BCUT2D eigenvalue weighted by atomic mass is 32.2. The van der Waals surface area contributed by atoms with Crippen molar-refractivity contribution in [2.24, 2.45) is 0 Å². The lowest BCUT2D eigenvalue weighted by atomic mass is 10.0.